The quantitative estimate of drug-likeness (QED) is 0.891. The van der Waals surface area contributed by atoms with Gasteiger partial charge in [0.2, 0.25) is 0 Å². The predicted molar refractivity (Wildman–Crippen MR) is 76.1 cm³/mol. The Morgan fingerprint density at radius 1 is 1.44 bits per heavy atom. The summed E-state index contributed by atoms with van der Waals surface area (Å²) in [5, 5.41) is 4.71. The van der Waals surface area contributed by atoms with Crippen molar-refractivity contribution in [3.63, 3.8) is 0 Å². The number of carbonyl (C=O) groups excluding carboxylic acids is 1. The van der Waals surface area contributed by atoms with Crippen LogP contribution in [0.4, 0.5) is 0 Å². The molecule has 0 saturated carbocycles. The SMILES string of the molecule is O=C(NCC1CCCS1)c1ccc2[nH]ccc2c1. The van der Waals surface area contributed by atoms with Gasteiger partial charge in [-0.05, 0) is 42.9 Å². The molecule has 1 unspecified atom stereocenters. The summed E-state index contributed by atoms with van der Waals surface area (Å²) in [5.74, 6) is 1.26. The number of amides is 1. The van der Waals surface area contributed by atoms with E-state index in [0.29, 0.717) is 5.25 Å². The van der Waals surface area contributed by atoms with Crippen molar-refractivity contribution in [1.29, 1.82) is 0 Å². The maximum atomic E-state index is 12.0. The second kappa shape index (κ2) is 5.06. The van der Waals surface area contributed by atoms with Crippen molar-refractivity contribution in [3.8, 4) is 0 Å². The highest BCUT2D eigenvalue weighted by Gasteiger charge is 2.16. The van der Waals surface area contributed by atoms with Crippen LogP contribution in [0.1, 0.15) is 23.2 Å². The van der Waals surface area contributed by atoms with Gasteiger partial charge in [0.1, 0.15) is 0 Å². The zero-order valence-electron chi connectivity index (χ0n) is 10.1. The number of aromatic amines is 1. The largest absolute Gasteiger partial charge is 0.361 e. The second-order valence-electron chi connectivity index (χ2n) is 4.62. The van der Waals surface area contributed by atoms with Gasteiger partial charge >= 0.3 is 0 Å². The minimum Gasteiger partial charge on any atom is -0.361 e. The topological polar surface area (TPSA) is 44.9 Å². The molecular weight excluding hydrogens is 244 g/mol. The van der Waals surface area contributed by atoms with Gasteiger partial charge in [-0.3, -0.25) is 4.79 Å². The Morgan fingerprint density at radius 3 is 3.22 bits per heavy atom. The van der Waals surface area contributed by atoms with Crippen LogP contribution in [0.3, 0.4) is 0 Å². The Morgan fingerprint density at radius 2 is 2.39 bits per heavy atom. The molecule has 1 aromatic carbocycles. The van der Waals surface area contributed by atoms with Gasteiger partial charge in [0.25, 0.3) is 5.91 Å². The van der Waals surface area contributed by atoms with E-state index in [9.17, 15) is 4.79 Å². The Balaban J connectivity index is 1.67. The van der Waals surface area contributed by atoms with Crippen LogP contribution >= 0.6 is 11.8 Å². The van der Waals surface area contributed by atoms with Crippen molar-refractivity contribution in [2.75, 3.05) is 12.3 Å². The number of H-pyrrole nitrogens is 1. The molecule has 3 nitrogen and oxygen atoms in total. The zero-order valence-corrected chi connectivity index (χ0v) is 10.9. The molecule has 1 amide bonds. The Bertz CT molecular complexity index is 558. The van der Waals surface area contributed by atoms with E-state index in [0.717, 1.165) is 23.0 Å². The normalized spacial score (nSPS) is 19.2. The molecule has 1 aromatic heterocycles. The summed E-state index contributed by atoms with van der Waals surface area (Å²) in [6, 6.07) is 7.74. The van der Waals surface area contributed by atoms with Gasteiger partial charge < -0.3 is 10.3 Å². The molecule has 18 heavy (non-hydrogen) atoms. The fourth-order valence-corrected chi connectivity index (χ4v) is 3.51. The van der Waals surface area contributed by atoms with E-state index in [2.05, 4.69) is 10.3 Å². The molecule has 0 aliphatic carbocycles. The number of nitrogens with one attached hydrogen (secondary N) is 2. The molecule has 4 heteroatoms. The molecule has 1 saturated heterocycles. The van der Waals surface area contributed by atoms with Gasteiger partial charge in [0, 0.05) is 34.5 Å². The molecule has 2 heterocycles. The maximum absolute atomic E-state index is 12.0. The zero-order chi connectivity index (χ0) is 12.4. The summed E-state index contributed by atoms with van der Waals surface area (Å²) in [6.07, 6.45) is 4.39. The minimum absolute atomic E-state index is 0.0330. The number of hydrogen-bond donors (Lipinski definition) is 2. The van der Waals surface area contributed by atoms with Crippen LogP contribution in [0, 0.1) is 0 Å². The van der Waals surface area contributed by atoms with Crippen LogP contribution in [0.5, 0.6) is 0 Å². The lowest BCUT2D eigenvalue weighted by molar-refractivity contribution is 0.0954. The molecule has 1 aliphatic rings. The van der Waals surface area contributed by atoms with Crippen molar-refractivity contribution in [2.45, 2.75) is 18.1 Å². The molecule has 1 fully saturated rings. The maximum Gasteiger partial charge on any atom is 0.251 e. The van der Waals surface area contributed by atoms with E-state index in [1.165, 1.54) is 18.6 Å². The lowest BCUT2D eigenvalue weighted by Crippen LogP contribution is -2.29. The number of benzene rings is 1. The van der Waals surface area contributed by atoms with Crippen molar-refractivity contribution in [1.82, 2.24) is 10.3 Å². The monoisotopic (exact) mass is 260 g/mol. The summed E-state index contributed by atoms with van der Waals surface area (Å²) >= 11 is 1.96. The van der Waals surface area contributed by atoms with E-state index in [1.807, 2.05) is 42.2 Å². The smallest absolute Gasteiger partial charge is 0.251 e. The molecule has 94 valence electrons. The Hall–Kier alpha value is -1.42. The number of rotatable bonds is 3. The van der Waals surface area contributed by atoms with Gasteiger partial charge in [0.05, 0.1) is 0 Å². The average molecular weight is 260 g/mol. The third-order valence-electron chi connectivity index (χ3n) is 3.33. The highest BCUT2D eigenvalue weighted by molar-refractivity contribution is 8.00. The average Bonchev–Trinajstić information content (AvgIpc) is 3.05. The summed E-state index contributed by atoms with van der Waals surface area (Å²) in [7, 11) is 0. The molecule has 0 spiro atoms. The highest BCUT2D eigenvalue weighted by Crippen LogP contribution is 2.25. The number of hydrogen-bond acceptors (Lipinski definition) is 2. The van der Waals surface area contributed by atoms with Gasteiger partial charge in [-0.25, -0.2) is 0 Å². The standard InChI is InChI=1S/C14H16N2OS/c17-14(16-9-12-2-1-7-18-12)11-3-4-13-10(8-11)5-6-15-13/h3-6,8,12,15H,1-2,7,9H2,(H,16,17). The molecular formula is C14H16N2OS. The van der Waals surface area contributed by atoms with E-state index in [4.69, 9.17) is 0 Å². The Kier molecular flexibility index (Phi) is 3.28. The number of aromatic nitrogens is 1. The summed E-state index contributed by atoms with van der Waals surface area (Å²) in [6.45, 7) is 0.786. The molecule has 2 N–H and O–H groups in total. The lowest BCUT2D eigenvalue weighted by atomic mass is 10.1. The summed E-state index contributed by atoms with van der Waals surface area (Å²) in [4.78, 5) is 15.2. The van der Waals surface area contributed by atoms with Crippen molar-refractivity contribution in [3.05, 3.63) is 36.0 Å². The molecule has 1 aliphatic heterocycles. The second-order valence-corrected chi connectivity index (χ2v) is 6.03. The first kappa shape index (κ1) is 11.7. The van der Waals surface area contributed by atoms with Crippen molar-refractivity contribution < 1.29 is 4.79 Å². The van der Waals surface area contributed by atoms with E-state index in [1.54, 1.807) is 0 Å². The Labute approximate surface area is 110 Å². The third-order valence-corrected chi connectivity index (χ3v) is 4.73. The minimum atomic E-state index is 0.0330. The summed E-state index contributed by atoms with van der Waals surface area (Å²) in [5.41, 5.74) is 1.81. The first-order chi connectivity index (χ1) is 8.83. The highest BCUT2D eigenvalue weighted by atomic mass is 32.2. The van der Waals surface area contributed by atoms with E-state index in [-0.39, 0.29) is 5.91 Å². The first-order valence-electron chi connectivity index (χ1n) is 6.30. The van der Waals surface area contributed by atoms with Crippen LogP contribution in [0.15, 0.2) is 30.5 Å². The molecule has 0 bridgehead atoms. The van der Waals surface area contributed by atoms with Gasteiger partial charge in [0.15, 0.2) is 0 Å². The summed E-state index contributed by atoms with van der Waals surface area (Å²) < 4.78 is 0. The van der Waals surface area contributed by atoms with Crippen LogP contribution in [0.2, 0.25) is 0 Å². The van der Waals surface area contributed by atoms with E-state index >= 15 is 0 Å². The van der Waals surface area contributed by atoms with Crippen LogP contribution in [-0.4, -0.2) is 28.4 Å². The van der Waals surface area contributed by atoms with Crippen LogP contribution in [-0.2, 0) is 0 Å². The van der Waals surface area contributed by atoms with Crippen LogP contribution < -0.4 is 5.32 Å². The molecule has 1 atom stereocenters. The third kappa shape index (κ3) is 2.38. The van der Waals surface area contributed by atoms with Gasteiger partial charge in [-0.15, -0.1) is 0 Å². The van der Waals surface area contributed by atoms with Crippen molar-refractivity contribution >= 4 is 28.6 Å². The predicted octanol–water partition coefficient (Wildman–Crippen LogP) is 2.79. The first-order valence-corrected chi connectivity index (χ1v) is 7.35. The fourth-order valence-electron chi connectivity index (χ4n) is 2.31. The van der Waals surface area contributed by atoms with E-state index < -0.39 is 0 Å². The number of fused-ring (bicyclic) bond motifs is 1. The molecule has 3 rings (SSSR count). The molecule has 2 aromatic rings. The van der Waals surface area contributed by atoms with Gasteiger partial charge in [-0.1, -0.05) is 0 Å². The lowest BCUT2D eigenvalue weighted by Gasteiger charge is -2.10. The van der Waals surface area contributed by atoms with Gasteiger partial charge in [-0.2, -0.15) is 11.8 Å². The number of thioether (sulfide) groups is 1. The fraction of sp³-hybridized carbons (Fsp3) is 0.357. The van der Waals surface area contributed by atoms with Crippen molar-refractivity contribution in [2.24, 2.45) is 0 Å². The molecule has 0 radical (unpaired) electrons. The number of carbonyl (C=O) groups is 1. The van der Waals surface area contributed by atoms with Crippen LogP contribution in [0.25, 0.3) is 10.9 Å².